The fraction of sp³-hybridized carbons (Fsp3) is 0.474. The molecule has 0 atom stereocenters. The van der Waals surface area contributed by atoms with Gasteiger partial charge in [-0.25, -0.2) is 14.6 Å². The number of nitrogens with zero attached hydrogens (tertiary/aromatic N) is 6. The van der Waals surface area contributed by atoms with Gasteiger partial charge in [-0.3, -0.25) is 4.90 Å². The van der Waals surface area contributed by atoms with Gasteiger partial charge in [0.15, 0.2) is 0 Å². The highest BCUT2D eigenvalue weighted by molar-refractivity contribution is 5.86. The van der Waals surface area contributed by atoms with E-state index in [1.807, 2.05) is 0 Å². The Bertz CT molecular complexity index is 904. The summed E-state index contributed by atoms with van der Waals surface area (Å²) in [6, 6.07) is 6.37. The molecular formula is C19H22N6O2. The van der Waals surface area contributed by atoms with Gasteiger partial charge < -0.3 is 9.64 Å². The third-order valence-electron chi connectivity index (χ3n) is 5.44. The predicted octanol–water partition coefficient (Wildman–Crippen LogP) is 2.27. The molecular weight excluding hydrogens is 344 g/mol. The van der Waals surface area contributed by atoms with Crippen molar-refractivity contribution in [2.45, 2.75) is 31.9 Å². The summed E-state index contributed by atoms with van der Waals surface area (Å²) >= 11 is 0. The summed E-state index contributed by atoms with van der Waals surface area (Å²) in [5.41, 5.74) is 3.00. The normalized spacial score (nSPS) is 18.6. The topological polar surface area (TPSA) is 80.4 Å². The maximum atomic E-state index is 6.08. The first-order valence-electron chi connectivity index (χ1n) is 9.50. The zero-order valence-corrected chi connectivity index (χ0v) is 15.1. The van der Waals surface area contributed by atoms with E-state index in [9.17, 15) is 0 Å². The third kappa shape index (κ3) is 3.44. The van der Waals surface area contributed by atoms with Crippen LogP contribution in [0, 0.1) is 0 Å². The molecule has 0 spiro atoms. The molecule has 0 bridgehead atoms. The van der Waals surface area contributed by atoms with Crippen molar-refractivity contribution >= 4 is 16.6 Å². The predicted molar refractivity (Wildman–Crippen MR) is 99.6 cm³/mol. The lowest BCUT2D eigenvalue weighted by Crippen LogP contribution is -2.46. The van der Waals surface area contributed by atoms with Crippen LogP contribution in [0.15, 0.2) is 35.4 Å². The number of hydrogen-bond donors (Lipinski definition) is 0. The molecule has 1 saturated carbocycles. The molecule has 8 heteroatoms. The molecule has 2 aliphatic rings. The Labute approximate surface area is 157 Å². The monoisotopic (exact) mass is 366 g/mol. The van der Waals surface area contributed by atoms with Crippen molar-refractivity contribution in [1.29, 1.82) is 0 Å². The van der Waals surface area contributed by atoms with Crippen LogP contribution in [-0.2, 0) is 6.54 Å². The summed E-state index contributed by atoms with van der Waals surface area (Å²) in [6.45, 7) is 4.65. The number of rotatable bonds is 5. The number of ether oxygens (including phenoxy) is 1. The largest absolute Gasteiger partial charge is 0.474 e. The molecule has 27 heavy (non-hydrogen) atoms. The van der Waals surface area contributed by atoms with Gasteiger partial charge >= 0.3 is 0 Å². The van der Waals surface area contributed by atoms with E-state index in [0.29, 0.717) is 12.0 Å². The quantitative estimate of drug-likeness (QED) is 0.680. The molecule has 0 radical (unpaired) electrons. The summed E-state index contributed by atoms with van der Waals surface area (Å²) < 4.78 is 10.8. The summed E-state index contributed by atoms with van der Waals surface area (Å²) in [6.07, 6.45) is 7.06. The zero-order chi connectivity index (χ0) is 18.1. The first kappa shape index (κ1) is 16.4. The minimum Gasteiger partial charge on any atom is -0.474 e. The van der Waals surface area contributed by atoms with Crippen molar-refractivity contribution in [2.75, 3.05) is 31.1 Å². The average molecular weight is 366 g/mol. The Morgan fingerprint density at radius 2 is 2.00 bits per heavy atom. The molecule has 1 saturated heterocycles. The fourth-order valence-electron chi connectivity index (χ4n) is 3.61. The summed E-state index contributed by atoms with van der Waals surface area (Å²) in [7, 11) is 0. The Kier molecular flexibility index (Phi) is 4.33. The Morgan fingerprint density at radius 1 is 1.11 bits per heavy atom. The van der Waals surface area contributed by atoms with Gasteiger partial charge in [0.1, 0.15) is 18.1 Å². The smallest absolute Gasteiger partial charge is 0.224 e. The number of benzene rings is 1. The van der Waals surface area contributed by atoms with Crippen molar-refractivity contribution < 1.29 is 9.37 Å². The van der Waals surface area contributed by atoms with Crippen molar-refractivity contribution in [3.8, 4) is 5.88 Å². The van der Waals surface area contributed by atoms with Crippen molar-refractivity contribution in [3.05, 3.63) is 36.4 Å². The Morgan fingerprint density at radius 3 is 2.74 bits per heavy atom. The summed E-state index contributed by atoms with van der Waals surface area (Å²) in [5, 5.41) is 8.57. The van der Waals surface area contributed by atoms with Gasteiger partial charge in [-0.2, -0.15) is 0 Å². The van der Waals surface area contributed by atoms with Gasteiger partial charge in [-0.15, -0.1) is 0 Å². The van der Waals surface area contributed by atoms with E-state index in [0.717, 1.165) is 62.2 Å². The van der Waals surface area contributed by atoms with E-state index < -0.39 is 0 Å². The molecule has 3 heterocycles. The second kappa shape index (κ2) is 7.11. The zero-order valence-electron chi connectivity index (χ0n) is 15.1. The average Bonchev–Trinajstić information content (AvgIpc) is 3.18. The van der Waals surface area contributed by atoms with Gasteiger partial charge in [-0.1, -0.05) is 10.3 Å². The number of anilines is 1. The van der Waals surface area contributed by atoms with Crippen LogP contribution in [0.25, 0.3) is 10.9 Å². The molecule has 0 N–H and O–H groups in total. The number of piperazine rings is 1. The van der Waals surface area contributed by atoms with E-state index in [4.69, 9.17) is 4.74 Å². The van der Waals surface area contributed by atoms with Gasteiger partial charge in [0.2, 0.25) is 5.88 Å². The lowest BCUT2D eigenvalue weighted by molar-refractivity contribution is 0.116. The van der Waals surface area contributed by atoms with E-state index >= 15 is 0 Å². The molecule has 5 rings (SSSR count). The molecule has 0 unspecified atom stereocenters. The molecule has 3 aromatic rings. The van der Waals surface area contributed by atoms with Crippen molar-refractivity contribution in [3.63, 3.8) is 0 Å². The maximum absolute atomic E-state index is 6.08. The minimum atomic E-state index is 0.307. The summed E-state index contributed by atoms with van der Waals surface area (Å²) in [5.74, 6) is 0.712. The van der Waals surface area contributed by atoms with Crippen LogP contribution in [0.2, 0.25) is 0 Å². The van der Waals surface area contributed by atoms with Gasteiger partial charge in [-0.05, 0) is 37.5 Å². The molecule has 1 aromatic carbocycles. The lowest BCUT2D eigenvalue weighted by atomic mass is 9.96. The van der Waals surface area contributed by atoms with E-state index in [2.05, 4.69) is 52.9 Å². The van der Waals surface area contributed by atoms with Gasteiger partial charge in [0.05, 0.1) is 17.1 Å². The van der Waals surface area contributed by atoms with E-state index in [1.165, 1.54) is 12.1 Å². The molecule has 1 aliphatic carbocycles. The molecule has 0 amide bonds. The highest BCUT2D eigenvalue weighted by Crippen LogP contribution is 2.31. The van der Waals surface area contributed by atoms with Crippen LogP contribution in [0.3, 0.4) is 0 Å². The minimum absolute atomic E-state index is 0.307. The van der Waals surface area contributed by atoms with Crippen LogP contribution in [-0.4, -0.2) is 57.5 Å². The van der Waals surface area contributed by atoms with Crippen LogP contribution >= 0.6 is 0 Å². The molecule has 140 valence electrons. The first-order valence-corrected chi connectivity index (χ1v) is 9.50. The number of aromatic nitrogens is 4. The highest BCUT2D eigenvalue weighted by Gasteiger charge is 2.22. The molecule has 1 aliphatic heterocycles. The highest BCUT2D eigenvalue weighted by atomic mass is 16.6. The van der Waals surface area contributed by atoms with Gasteiger partial charge in [0.25, 0.3) is 0 Å². The maximum Gasteiger partial charge on any atom is 0.224 e. The van der Waals surface area contributed by atoms with Crippen molar-refractivity contribution in [2.24, 2.45) is 0 Å². The first-order chi connectivity index (χ1) is 13.3. The van der Waals surface area contributed by atoms with Crippen LogP contribution in [0.1, 0.15) is 25.0 Å². The third-order valence-corrected chi connectivity index (χ3v) is 5.44. The van der Waals surface area contributed by atoms with E-state index in [-0.39, 0.29) is 0 Å². The Balaban J connectivity index is 1.30. The van der Waals surface area contributed by atoms with Crippen LogP contribution in [0.5, 0.6) is 5.88 Å². The second-order valence-electron chi connectivity index (χ2n) is 7.21. The molecule has 2 fully saturated rings. The van der Waals surface area contributed by atoms with E-state index in [1.54, 1.807) is 12.5 Å². The van der Waals surface area contributed by atoms with Gasteiger partial charge in [0, 0.05) is 38.4 Å². The summed E-state index contributed by atoms with van der Waals surface area (Å²) in [4.78, 5) is 13.5. The molecule has 2 aromatic heterocycles. The molecule has 8 nitrogen and oxygen atoms in total. The Hall–Kier alpha value is -2.74. The lowest BCUT2D eigenvalue weighted by Gasteiger charge is -2.35. The fourth-order valence-corrected chi connectivity index (χ4v) is 3.61. The second-order valence-corrected chi connectivity index (χ2v) is 7.21. The van der Waals surface area contributed by atoms with Crippen LogP contribution < -0.4 is 9.64 Å². The van der Waals surface area contributed by atoms with Crippen molar-refractivity contribution in [1.82, 2.24) is 25.2 Å². The number of fused-ring (bicyclic) bond motifs is 1. The standard InChI is InChI=1S/C19H22N6O2/c1-2-16(3-1)26-19-17-10-15(4-5-18(17)20-13-21-19)25-8-6-24(7-9-25)12-14-11-22-27-23-14/h4-5,10-11,13,16H,1-3,6-9,12H2. The SMILES string of the molecule is c1nc(OC2CCC2)c2cc(N3CCN(Cc4cnon4)CC3)ccc2n1. The number of hydrogen-bond acceptors (Lipinski definition) is 8. The van der Waals surface area contributed by atoms with Crippen LogP contribution in [0.4, 0.5) is 5.69 Å².